The van der Waals surface area contributed by atoms with E-state index in [0.29, 0.717) is 11.9 Å². The molecule has 1 aromatic heterocycles. The summed E-state index contributed by atoms with van der Waals surface area (Å²) in [5, 5.41) is 10.6. The van der Waals surface area contributed by atoms with Crippen molar-refractivity contribution in [3.63, 3.8) is 0 Å². The number of piperazine rings is 1. The van der Waals surface area contributed by atoms with Crippen LogP contribution < -0.4 is 4.90 Å². The summed E-state index contributed by atoms with van der Waals surface area (Å²) in [6.07, 6.45) is 1.13. The number of sulfonamides is 1. The molecular formula is C15H14F2N4O4S. The topological polar surface area (TPSA) is 96.6 Å². The number of hydrogen-bond donors (Lipinski definition) is 0. The van der Waals surface area contributed by atoms with Gasteiger partial charge in [0.1, 0.15) is 28.5 Å². The molecule has 2 heterocycles. The highest BCUT2D eigenvalue weighted by molar-refractivity contribution is 7.89. The lowest BCUT2D eigenvalue weighted by Gasteiger charge is -2.34. The Morgan fingerprint density at radius 3 is 2.31 bits per heavy atom. The average Bonchev–Trinajstić information content (AvgIpc) is 2.61. The maximum atomic E-state index is 13.8. The lowest BCUT2D eigenvalue weighted by Crippen LogP contribution is -2.49. The van der Waals surface area contributed by atoms with Gasteiger partial charge in [0.2, 0.25) is 10.0 Å². The molecule has 0 amide bonds. The summed E-state index contributed by atoms with van der Waals surface area (Å²) in [5.74, 6) is -1.50. The van der Waals surface area contributed by atoms with E-state index >= 15 is 0 Å². The van der Waals surface area contributed by atoms with Crippen molar-refractivity contribution in [2.45, 2.75) is 4.90 Å². The van der Waals surface area contributed by atoms with E-state index in [1.54, 1.807) is 4.90 Å². The molecule has 3 rings (SSSR count). The van der Waals surface area contributed by atoms with Gasteiger partial charge in [0.15, 0.2) is 0 Å². The van der Waals surface area contributed by atoms with Crippen molar-refractivity contribution in [1.29, 1.82) is 0 Å². The summed E-state index contributed by atoms with van der Waals surface area (Å²) < 4.78 is 53.0. The molecule has 0 atom stereocenters. The van der Waals surface area contributed by atoms with Crippen molar-refractivity contribution < 1.29 is 22.1 Å². The third-order valence-corrected chi connectivity index (χ3v) is 5.95. The number of nitrogens with zero attached hydrogens (tertiary/aromatic N) is 4. The number of rotatable bonds is 4. The molecule has 0 aliphatic carbocycles. The molecule has 0 saturated carbocycles. The minimum absolute atomic E-state index is 0.0812. The van der Waals surface area contributed by atoms with Crippen LogP contribution in [0.25, 0.3) is 0 Å². The third-order valence-electron chi connectivity index (χ3n) is 4.02. The number of hydrogen-bond acceptors (Lipinski definition) is 6. The van der Waals surface area contributed by atoms with E-state index in [1.165, 1.54) is 12.1 Å². The minimum Gasteiger partial charge on any atom is -0.354 e. The molecule has 0 unspecified atom stereocenters. The largest absolute Gasteiger partial charge is 0.354 e. The fraction of sp³-hybridized carbons (Fsp3) is 0.267. The van der Waals surface area contributed by atoms with Gasteiger partial charge in [-0.3, -0.25) is 10.1 Å². The number of pyridine rings is 1. The van der Waals surface area contributed by atoms with Crippen molar-refractivity contribution in [3.8, 4) is 0 Å². The molecule has 1 fully saturated rings. The average molecular weight is 384 g/mol. The zero-order valence-electron chi connectivity index (χ0n) is 13.4. The van der Waals surface area contributed by atoms with Crippen molar-refractivity contribution in [2.75, 3.05) is 31.1 Å². The number of anilines is 1. The number of aromatic nitrogens is 1. The van der Waals surface area contributed by atoms with E-state index in [-0.39, 0.29) is 31.9 Å². The van der Waals surface area contributed by atoms with Crippen LogP contribution in [0, 0.1) is 21.7 Å². The maximum Gasteiger partial charge on any atom is 0.287 e. The highest BCUT2D eigenvalue weighted by atomic mass is 32.2. The highest BCUT2D eigenvalue weighted by Crippen LogP contribution is 2.23. The summed E-state index contributed by atoms with van der Waals surface area (Å²) in [5.41, 5.74) is -0.137. The molecule has 1 aliphatic rings. The first-order valence-corrected chi connectivity index (χ1v) is 9.03. The van der Waals surface area contributed by atoms with Gasteiger partial charge in [-0.1, -0.05) is 0 Å². The smallest absolute Gasteiger partial charge is 0.287 e. The fourth-order valence-corrected chi connectivity index (χ4v) is 4.12. The maximum absolute atomic E-state index is 13.8. The second-order valence-corrected chi connectivity index (χ2v) is 7.50. The first kappa shape index (κ1) is 18.1. The Kier molecular flexibility index (Phi) is 4.83. The van der Waals surface area contributed by atoms with Crippen molar-refractivity contribution in [2.24, 2.45) is 0 Å². The van der Waals surface area contributed by atoms with E-state index in [9.17, 15) is 27.3 Å². The predicted molar refractivity (Wildman–Crippen MR) is 88.2 cm³/mol. The summed E-state index contributed by atoms with van der Waals surface area (Å²) in [4.78, 5) is 15.3. The Balaban J connectivity index is 1.72. The first-order chi connectivity index (χ1) is 12.3. The highest BCUT2D eigenvalue weighted by Gasteiger charge is 2.31. The summed E-state index contributed by atoms with van der Waals surface area (Å²) in [6, 6.07) is 5.14. The standard InChI is InChI=1S/C15H14F2N4O4S/c16-11-1-3-14(13(17)9-11)26(24,25)20-7-5-19(6-8-20)15-4-2-12(10-18-15)21(22)23/h1-4,9-10H,5-8H2. The van der Waals surface area contributed by atoms with Gasteiger partial charge >= 0.3 is 0 Å². The molecule has 1 saturated heterocycles. The molecule has 1 aromatic carbocycles. The second kappa shape index (κ2) is 6.92. The zero-order valence-corrected chi connectivity index (χ0v) is 14.2. The Bertz CT molecular complexity index is 929. The van der Waals surface area contributed by atoms with E-state index in [0.717, 1.165) is 22.6 Å². The molecule has 1 aliphatic heterocycles. The van der Waals surface area contributed by atoms with Crippen LogP contribution in [0.3, 0.4) is 0 Å². The minimum atomic E-state index is -4.08. The normalized spacial score (nSPS) is 15.8. The Labute approximate surface area is 147 Å². The van der Waals surface area contributed by atoms with Gasteiger partial charge in [0.05, 0.1) is 4.92 Å². The summed E-state index contributed by atoms with van der Waals surface area (Å²) in [7, 11) is -4.08. The molecule has 11 heteroatoms. The first-order valence-electron chi connectivity index (χ1n) is 7.59. The lowest BCUT2D eigenvalue weighted by atomic mass is 10.3. The monoisotopic (exact) mass is 384 g/mol. The van der Waals surface area contributed by atoms with Crippen molar-refractivity contribution in [1.82, 2.24) is 9.29 Å². The fourth-order valence-electron chi connectivity index (χ4n) is 2.65. The SMILES string of the molecule is O=[N+]([O-])c1ccc(N2CCN(S(=O)(=O)c3ccc(F)cc3F)CC2)nc1. The van der Waals surface area contributed by atoms with E-state index in [1.807, 2.05) is 0 Å². The molecule has 138 valence electrons. The van der Waals surface area contributed by atoms with Crippen LogP contribution in [0.5, 0.6) is 0 Å². The van der Waals surface area contributed by atoms with Gasteiger partial charge in [-0.05, 0) is 18.2 Å². The van der Waals surface area contributed by atoms with Crippen molar-refractivity contribution in [3.05, 3.63) is 58.3 Å². The number of nitro groups is 1. The van der Waals surface area contributed by atoms with Gasteiger partial charge in [-0.15, -0.1) is 0 Å². The zero-order chi connectivity index (χ0) is 18.9. The predicted octanol–water partition coefficient (Wildman–Crippen LogP) is 1.78. The Morgan fingerprint density at radius 1 is 1.08 bits per heavy atom. The van der Waals surface area contributed by atoms with Crippen LogP contribution in [0.2, 0.25) is 0 Å². The van der Waals surface area contributed by atoms with E-state index in [2.05, 4.69) is 4.98 Å². The van der Waals surface area contributed by atoms with Gasteiger partial charge in [0.25, 0.3) is 5.69 Å². The Hall–Kier alpha value is -2.66. The molecule has 0 bridgehead atoms. The molecule has 26 heavy (non-hydrogen) atoms. The van der Waals surface area contributed by atoms with Crippen LogP contribution in [0.15, 0.2) is 41.4 Å². The van der Waals surface area contributed by atoms with Crippen LogP contribution in [0.4, 0.5) is 20.3 Å². The van der Waals surface area contributed by atoms with Gasteiger partial charge in [-0.2, -0.15) is 4.31 Å². The second-order valence-electron chi connectivity index (χ2n) is 5.60. The van der Waals surface area contributed by atoms with Crippen LogP contribution in [0.1, 0.15) is 0 Å². The molecular weight excluding hydrogens is 370 g/mol. The van der Waals surface area contributed by atoms with Crippen molar-refractivity contribution >= 4 is 21.5 Å². The van der Waals surface area contributed by atoms with Crippen LogP contribution in [-0.2, 0) is 10.0 Å². The molecule has 8 nitrogen and oxygen atoms in total. The number of benzene rings is 1. The van der Waals surface area contributed by atoms with Gasteiger partial charge < -0.3 is 4.90 Å². The van der Waals surface area contributed by atoms with Crippen LogP contribution in [-0.4, -0.2) is 48.8 Å². The van der Waals surface area contributed by atoms with Crippen LogP contribution >= 0.6 is 0 Å². The van der Waals surface area contributed by atoms with Gasteiger partial charge in [0, 0.05) is 38.3 Å². The summed E-state index contributed by atoms with van der Waals surface area (Å²) in [6.45, 7) is 0.731. The quantitative estimate of drug-likeness (QED) is 0.589. The van der Waals surface area contributed by atoms with E-state index in [4.69, 9.17) is 0 Å². The molecule has 2 aromatic rings. The van der Waals surface area contributed by atoms with E-state index < -0.39 is 31.5 Å². The third kappa shape index (κ3) is 3.48. The molecule has 0 spiro atoms. The molecule has 0 N–H and O–H groups in total. The molecule has 0 radical (unpaired) electrons. The number of halogens is 2. The summed E-state index contributed by atoms with van der Waals surface area (Å²) >= 11 is 0. The van der Waals surface area contributed by atoms with Gasteiger partial charge in [-0.25, -0.2) is 22.2 Å². The Morgan fingerprint density at radius 2 is 1.77 bits per heavy atom. The lowest BCUT2D eigenvalue weighted by molar-refractivity contribution is -0.385.